The van der Waals surface area contributed by atoms with Crippen LogP contribution in [0.2, 0.25) is 5.02 Å². The minimum Gasteiger partial charge on any atom is -0.455 e. The van der Waals surface area contributed by atoms with E-state index in [2.05, 4.69) is 5.32 Å². The Bertz CT molecular complexity index is 1020. The van der Waals surface area contributed by atoms with Gasteiger partial charge in [-0.2, -0.15) is 0 Å². The molecule has 0 saturated carbocycles. The quantitative estimate of drug-likeness (QED) is 0.559. The van der Waals surface area contributed by atoms with E-state index in [0.29, 0.717) is 16.5 Å². The summed E-state index contributed by atoms with van der Waals surface area (Å²) in [4.78, 5) is 24.0. The van der Waals surface area contributed by atoms with Crippen LogP contribution in [-0.2, 0) is 9.53 Å². The number of amides is 1. The van der Waals surface area contributed by atoms with Crippen molar-refractivity contribution in [3.05, 3.63) is 89.0 Å². The number of nitrogens with one attached hydrogen (secondary N) is 1. The van der Waals surface area contributed by atoms with Gasteiger partial charge < -0.3 is 14.8 Å². The Hall–Kier alpha value is -3.45. The number of carbonyl (C=O) groups is 2. The number of para-hydroxylation sites is 1. The van der Waals surface area contributed by atoms with Crippen molar-refractivity contribution in [3.63, 3.8) is 0 Å². The van der Waals surface area contributed by atoms with E-state index in [-0.39, 0.29) is 5.69 Å². The predicted molar refractivity (Wildman–Crippen MR) is 103 cm³/mol. The number of carbonyl (C=O) groups excluding carboxylic acids is 2. The first-order valence-corrected chi connectivity index (χ1v) is 8.75. The Morgan fingerprint density at radius 1 is 0.931 bits per heavy atom. The molecule has 0 radical (unpaired) electrons. The number of ether oxygens (including phenoxy) is 2. The fraction of sp³-hybridized carbons (Fsp3) is 0.0476. The van der Waals surface area contributed by atoms with Gasteiger partial charge in [0.1, 0.15) is 22.9 Å². The first-order chi connectivity index (χ1) is 13.9. The molecule has 0 saturated heterocycles. The zero-order valence-corrected chi connectivity index (χ0v) is 15.6. The predicted octanol–water partition coefficient (Wildman–Crippen LogP) is 5.21. The number of esters is 1. The first kappa shape index (κ1) is 20.3. The topological polar surface area (TPSA) is 64.6 Å². The van der Waals surface area contributed by atoms with Gasteiger partial charge in [0.2, 0.25) is 0 Å². The summed E-state index contributed by atoms with van der Waals surface area (Å²) in [7, 11) is 0. The normalized spacial score (nSPS) is 10.3. The third-order valence-corrected chi connectivity index (χ3v) is 3.92. The van der Waals surface area contributed by atoms with Crippen molar-refractivity contribution in [1.82, 2.24) is 0 Å². The highest BCUT2D eigenvalue weighted by molar-refractivity contribution is 6.31. The van der Waals surface area contributed by atoms with Gasteiger partial charge in [0.25, 0.3) is 5.91 Å². The van der Waals surface area contributed by atoms with Crippen LogP contribution in [0.3, 0.4) is 0 Å². The van der Waals surface area contributed by atoms with E-state index >= 15 is 0 Å². The molecular formula is C21H14ClF2NO4. The van der Waals surface area contributed by atoms with Crippen molar-refractivity contribution < 1.29 is 27.8 Å². The molecule has 3 rings (SSSR count). The van der Waals surface area contributed by atoms with E-state index in [0.717, 1.165) is 18.2 Å². The van der Waals surface area contributed by atoms with Crippen LogP contribution in [0.15, 0.2) is 66.7 Å². The largest absolute Gasteiger partial charge is 0.455 e. The molecule has 29 heavy (non-hydrogen) atoms. The number of rotatable bonds is 6. The van der Waals surface area contributed by atoms with Crippen LogP contribution in [0.5, 0.6) is 11.5 Å². The molecule has 1 amide bonds. The highest BCUT2D eigenvalue weighted by Crippen LogP contribution is 2.32. The van der Waals surface area contributed by atoms with Gasteiger partial charge in [-0.05, 0) is 42.5 Å². The fourth-order valence-corrected chi connectivity index (χ4v) is 2.56. The van der Waals surface area contributed by atoms with Gasteiger partial charge in [-0.15, -0.1) is 0 Å². The molecule has 0 aliphatic carbocycles. The molecule has 5 nitrogen and oxygen atoms in total. The molecule has 3 aromatic rings. The molecule has 8 heteroatoms. The monoisotopic (exact) mass is 417 g/mol. The lowest BCUT2D eigenvalue weighted by atomic mass is 10.2. The zero-order chi connectivity index (χ0) is 20.8. The smallest absolute Gasteiger partial charge is 0.344 e. The highest BCUT2D eigenvalue weighted by atomic mass is 35.5. The number of halogens is 3. The van der Waals surface area contributed by atoms with Gasteiger partial charge in [-0.3, -0.25) is 4.79 Å². The minimum absolute atomic E-state index is 0.236. The fourth-order valence-electron chi connectivity index (χ4n) is 2.39. The molecule has 0 aromatic heterocycles. The maximum Gasteiger partial charge on any atom is 0.344 e. The molecule has 3 aromatic carbocycles. The number of hydrogen-bond donors (Lipinski definition) is 1. The van der Waals surface area contributed by atoms with Gasteiger partial charge >= 0.3 is 5.97 Å². The summed E-state index contributed by atoms with van der Waals surface area (Å²) >= 11 is 5.97. The molecule has 0 atom stereocenters. The van der Waals surface area contributed by atoms with Gasteiger partial charge in [-0.25, -0.2) is 13.6 Å². The van der Waals surface area contributed by atoms with Gasteiger partial charge in [0.15, 0.2) is 12.4 Å². The molecule has 1 N–H and O–H groups in total. The maximum atomic E-state index is 13.6. The molecule has 0 aliphatic heterocycles. The van der Waals surface area contributed by atoms with Crippen molar-refractivity contribution in [1.29, 1.82) is 0 Å². The van der Waals surface area contributed by atoms with Crippen molar-refractivity contribution in [2.75, 3.05) is 11.9 Å². The van der Waals surface area contributed by atoms with E-state index in [4.69, 9.17) is 21.1 Å². The Kier molecular flexibility index (Phi) is 6.41. The van der Waals surface area contributed by atoms with E-state index in [1.165, 1.54) is 6.07 Å². The molecule has 0 aliphatic rings. The Balaban J connectivity index is 1.67. The van der Waals surface area contributed by atoms with E-state index in [1.54, 1.807) is 36.4 Å². The highest BCUT2D eigenvalue weighted by Gasteiger charge is 2.20. The maximum absolute atomic E-state index is 13.6. The van der Waals surface area contributed by atoms with E-state index in [9.17, 15) is 18.4 Å². The average molecular weight is 418 g/mol. The third kappa shape index (κ3) is 5.30. The Labute approximate surface area is 169 Å². The van der Waals surface area contributed by atoms with Crippen LogP contribution in [-0.4, -0.2) is 18.5 Å². The van der Waals surface area contributed by atoms with E-state index in [1.807, 2.05) is 6.07 Å². The summed E-state index contributed by atoms with van der Waals surface area (Å²) in [5, 5.41) is 2.83. The van der Waals surface area contributed by atoms with Crippen molar-refractivity contribution in [2.24, 2.45) is 0 Å². The Morgan fingerprint density at radius 3 is 2.31 bits per heavy atom. The van der Waals surface area contributed by atoms with Crippen LogP contribution in [0.1, 0.15) is 10.4 Å². The van der Waals surface area contributed by atoms with Crippen LogP contribution in [0, 0.1) is 11.6 Å². The number of benzene rings is 3. The second-order valence-electron chi connectivity index (χ2n) is 5.78. The Morgan fingerprint density at radius 2 is 1.62 bits per heavy atom. The molecule has 0 fully saturated rings. The van der Waals surface area contributed by atoms with E-state index < -0.39 is 35.7 Å². The van der Waals surface area contributed by atoms with Gasteiger partial charge in [-0.1, -0.05) is 35.9 Å². The molecule has 0 bridgehead atoms. The second-order valence-corrected chi connectivity index (χ2v) is 6.21. The minimum atomic E-state index is -1.29. The van der Waals surface area contributed by atoms with Crippen LogP contribution in [0.4, 0.5) is 14.5 Å². The SMILES string of the molecule is O=C(COC(=O)c1c(F)cccc1F)Nc1cc(Cl)ccc1Oc1ccccc1. The van der Waals surface area contributed by atoms with Crippen molar-refractivity contribution >= 4 is 29.2 Å². The first-order valence-electron chi connectivity index (χ1n) is 8.37. The summed E-state index contributed by atoms with van der Waals surface area (Å²) in [5.74, 6) is -3.35. The van der Waals surface area contributed by atoms with Gasteiger partial charge in [0, 0.05) is 5.02 Å². The third-order valence-electron chi connectivity index (χ3n) is 3.69. The summed E-state index contributed by atoms with van der Waals surface area (Å²) < 4.78 is 37.6. The lowest BCUT2D eigenvalue weighted by Crippen LogP contribution is -2.22. The summed E-state index contributed by atoms with van der Waals surface area (Å²) in [6.07, 6.45) is 0. The molecule has 148 valence electrons. The second kappa shape index (κ2) is 9.16. The zero-order valence-electron chi connectivity index (χ0n) is 14.8. The standard InChI is InChI=1S/C21H14ClF2NO4/c22-13-9-10-18(29-14-5-2-1-3-6-14)17(11-13)25-19(26)12-28-21(27)20-15(23)7-4-8-16(20)24/h1-11H,12H2,(H,25,26). The lowest BCUT2D eigenvalue weighted by Gasteiger charge is -2.13. The number of anilines is 1. The summed E-state index contributed by atoms with van der Waals surface area (Å²) in [6.45, 7) is -0.760. The summed E-state index contributed by atoms with van der Waals surface area (Å²) in [6, 6.07) is 16.4. The van der Waals surface area contributed by atoms with Crippen LogP contribution < -0.4 is 10.1 Å². The molecule has 0 heterocycles. The van der Waals surface area contributed by atoms with Crippen molar-refractivity contribution in [3.8, 4) is 11.5 Å². The van der Waals surface area contributed by atoms with Crippen LogP contribution in [0.25, 0.3) is 0 Å². The van der Waals surface area contributed by atoms with Crippen LogP contribution >= 0.6 is 11.6 Å². The number of hydrogen-bond acceptors (Lipinski definition) is 4. The average Bonchev–Trinajstić information content (AvgIpc) is 2.69. The molecule has 0 unspecified atom stereocenters. The summed E-state index contributed by atoms with van der Waals surface area (Å²) in [5.41, 5.74) is -0.629. The molecular weight excluding hydrogens is 404 g/mol. The molecule has 0 spiro atoms. The lowest BCUT2D eigenvalue weighted by molar-refractivity contribution is -0.119. The van der Waals surface area contributed by atoms with Gasteiger partial charge in [0.05, 0.1) is 5.69 Å². The van der Waals surface area contributed by atoms with Crippen molar-refractivity contribution in [2.45, 2.75) is 0 Å².